The Bertz CT molecular complexity index is 405. The highest BCUT2D eigenvalue weighted by molar-refractivity contribution is 7.17. The van der Waals surface area contributed by atoms with E-state index in [1.165, 1.54) is 11.3 Å². The maximum absolute atomic E-state index is 10.9. The zero-order chi connectivity index (χ0) is 13.0. The number of piperidine rings is 1. The first kappa shape index (κ1) is 13.4. The van der Waals surface area contributed by atoms with Crippen LogP contribution in [0.15, 0.2) is 12.1 Å². The summed E-state index contributed by atoms with van der Waals surface area (Å²) < 4.78 is 5.78. The van der Waals surface area contributed by atoms with Crippen LogP contribution in [0.3, 0.4) is 0 Å². The van der Waals surface area contributed by atoms with Crippen LogP contribution in [0, 0.1) is 0 Å². The molecule has 1 unspecified atom stereocenters. The van der Waals surface area contributed by atoms with Gasteiger partial charge in [-0.25, -0.2) is 4.79 Å². The van der Waals surface area contributed by atoms with Crippen molar-refractivity contribution in [3.8, 4) is 0 Å². The SMILES string of the molecule is CCCOC1CCCN(c2ccc(C(=O)O)s2)C1. The maximum atomic E-state index is 10.9. The maximum Gasteiger partial charge on any atom is 0.345 e. The Morgan fingerprint density at radius 2 is 2.44 bits per heavy atom. The first-order chi connectivity index (χ1) is 8.70. The van der Waals surface area contributed by atoms with E-state index in [1.54, 1.807) is 6.07 Å². The van der Waals surface area contributed by atoms with Gasteiger partial charge >= 0.3 is 5.97 Å². The Labute approximate surface area is 111 Å². The Kier molecular flexibility index (Phi) is 4.60. The minimum absolute atomic E-state index is 0.286. The summed E-state index contributed by atoms with van der Waals surface area (Å²) in [6.07, 6.45) is 3.54. The zero-order valence-corrected chi connectivity index (χ0v) is 11.4. The monoisotopic (exact) mass is 269 g/mol. The van der Waals surface area contributed by atoms with E-state index in [-0.39, 0.29) is 6.10 Å². The predicted octanol–water partition coefficient (Wildman–Crippen LogP) is 2.84. The van der Waals surface area contributed by atoms with Crippen molar-refractivity contribution >= 4 is 22.3 Å². The lowest BCUT2D eigenvalue weighted by Crippen LogP contribution is -2.39. The number of hydrogen-bond donors (Lipinski definition) is 1. The van der Waals surface area contributed by atoms with E-state index in [0.717, 1.165) is 44.0 Å². The van der Waals surface area contributed by atoms with Crippen LogP contribution in [-0.2, 0) is 4.74 Å². The van der Waals surface area contributed by atoms with Crippen LogP contribution in [0.1, 0.15) is 35.9 Å². The first-order valence-electron chi connectivity index (χ1n) is 6.40. The second kappa shape index (κ2) is 6.20. The van der Waals surface area contributed by atoms with Crippen molar-refractivity contribution < 1.29 is 14.6 Å². The summed E-state index contributed by atoms with van der Waals surface area (Å²) in [6, 6.07) is 3.58. The van der Waals surface area contributed by atoms with Crippen LogP contribution in [0.25, 0.3) is 0 Å². The third-order valence-corrected chi connectivity index (χ3v) is 4.18. The molecule has 1 aromatic rings. The van der Waals surface area contributed by atoms with Crippen LogP contribution in [-0.4, -0.2) is 36.9 Å². The molecule has 0 radical (unpaired) electrons. The van der Waals surface area contributed by atoms with Gasteiger partial charge in [0.15, 0.2) is 0 Å². The molecule has 100 valence electrons. The molecule has 0 bridgehead atoms. The highest BCUT2D eigenvalue weighted by Crippen LogP contribution is 2.29. The number of aromatic carboxylic acids is 1. The van der Waals surface area contributed by atoms with E-state index >= 15 is 0 Å². The molecule has 4 nitrogen and oxygen atoms in total. The van der Waals surface area contributed by atoms with Gasteiger partial charge in [0.1, 0.15) is 4.88 Å². The lowest BCUT2D eigenvalue weighted by molar-refractivity contribution is 0.0442. The summed E-state index contributed by atoms with van der Waals surface area (Å²) in [4.78, 5) is 13.5. The number of hydrogen-bond acceptors (Lipinski definition) is 4. The second-order valence-corrected chi connectivity index (χ2v) is 5.59. The Hall–Kier alpha value is -1.07. The summed E-state index contributed by atoms with van der Waals surface area (Å²) >= 11 is 1.34. The smallest absolute Gasteiger partial charge is 0.345 e. The molecule has 1 saturated heterocycles. The Morgan fingerprint density at radius 1 is 1.61 bits per heavy atom. The molecular formula is C13H19NO3S. The predicted molar refractivity (Wildman–Crippen MR) is 72.8 cm³/mol. The molecule has 1 fully saturated rings. The van der Waals surface area contributed by atoms with E-state index < -0.39 is 5.97 Å². The molecule has 0 saturated carbocycles. The van der Waals surface area contributed by atoms with Crippen LogP contribution in [0.5, 0.6) is 0 Å². The summed E-state index contributed by atoms with van der Waals surface area (Å²) in [5.74, 6) is -0.845. The van der Waals surface area contributed by atoms with E-state index in [9.17, 15) is 4.79 Å². The molecular weight excluding hydrogens is 250 g/mol. The fourth-order valence-corrected chi connectivity index (χ4v) is 3.05. The van der Waals surface area contributed by atoms with Gasteiger partial charge in [-0.2, -0.15) is 0 Å². The van der Waals surface area contributed by atoms with Crippen LogP contribution in [0.4, 0.5) is 5.00 Å². The van der Waals surface area contributed by atoms with Crippen molar-refractivity contribution in [2.24, 2.45) is 0 Å². The van der Waals surface area contributed by atoms with Crippen molar-refractivity contribution in [3.05, 3.63) is 17.0 Å². The summed E-state index contributed by atoms with van der Waals surface area (Å²) in [7, 11) is 0. The number of carboxylic acids is 1. The fourth-order valence-electron chi connectivity index (χ4n) is 2.17. The minimum Gasteiger partial charge on any atom is -0.477 e. The summed E-state index contributed by atoms with van der Waals surface area (Å²) in [5.41, 5.74) is 0. The first-order valence-corrected chi connectivity index (χ1v) is 7.22. The van der Waals surface area contributed by atoms with E-state index in [2.05, 4.69) is 11.8 Å². The molecule has 18 heavy (non-hydrogen) atoms. The van der Waals surface area contributed by atoms with E-state index in [1.807, 2.05) is 6.07 Å². The van der Waals surface area contributed by atoms with Gasteiger partial charge in [0.05, 0.1) is 11.1 Å². The normalized spacial score (nSPS) is 20.1. The summed E-state index contributed by atoms with van der Waals surface area (Å²) in [5, 5.41) is 9.97. The van der Waals surface area contributed by atoms with Gasteiger partial charge in [-0.1, -0.05) is 6.92 Å². The molecule has 1 atom stereocenters. The summed E-state index contributed by atoms with van der Waals surface area (Å²) in [6.45, 7) is 4.79. The van der Waals surface area contributed by atoms with Gasteiger partial charge in [0, 0.05) is 19.7 Å². The lowest BCUT2D eigenvalue weighted by atomic mass is 10.1. The van der Waals surface area contributed by atoms with Crippen LogP contribution >= 0.6 is 11.3 Å². The molecule has 1 aliphatic rings. The van der Waals surface area contributed by atoms with E-state index in [0.29, 0.717) is 4.88 Å². The number of carboxylic acid groups (broad SMARTS) is 1. The number of carbonyl (C=O) groups is 1. The molecule has 1 N–H and O–H groups in total. The van der Waals surface area contributed by atoms with Gasteiger partial charge in [0.25, 0.3) is 0 Å². The quantitative estimate of drug-likeness (QED) is 0.893. The number of rotatable bonds is 5. The van der Waals surface area contributed by atoms with Gasteiger partial charge in [-0.15, -0.1) is 11.3 Å². The van der Waals surface area contributed by atoms with Gasteiger partial charge in [0.2, 0.25) is 0 Å². The highest BCUT2D eigenvalue weighted by atomic mass is 32.1. The molecule has 2 rings (SSSR count). The number of nitrogens with zero attached hydrogens (tertiary/aromatic N) is 1. The second-order valence-electron chi connectivity index (χ2n) is 4.52. The zero-order valence-electron chi connectivity index (χ0n) is 10.6. The number of ether oxygens (including phenoxy) is 1. The molecule has 0 aromatic carbocycles. The number of anilines is 1. The largest absolute Gasteiger partial charge is 0.477 e. The van der Waals surface area contributed by atoms with Crippen molar-refractivity contribution in [2.45, 2.75) is 32.3 Å². The highest BCUT2D eigenvalue weighted by Gasteiger charge is 2.22. The van der Waals surface area contributed by atoms with Gasteiger partial charge in [-0.3, -0.25) is 0 Å². The van der Waals surface area contributed by atoms with E-state index in [4.69, 9.17) is 9.84 Å². The van der Waals surface area contributed by atoms with Crippen LogP contribution < -0.4 is 4.90 Å². The Balaban J connectivity index is 1.96. The van der Waals surface area contributed by atoms with Crippen molar-refractivity contribution in [2.75, 3.05) is 24.6 Å². The average Bonchev–Trinajstić information content (AvgIpc) is 2.86. The average molecular weight is 269 g/mol. The third kappa shape index (κ3) is 3.23. The Morgan fingerprint density at radius 3 is 3.11 bits per heavy atom. The van der Waals surface area contributed by atoms with Gasteiger partial charge < -0.3 is 14.7 Å². The third-order valence-electron chi connectivity index (χ3n) is 3.05. The van der Waals surface area contributed by atoms with Crippen molar-refractivity contribution in [1.82, 2.24) is 0 Å². The molecule has 2 heterocycles. The standard InChI is InChI=1S/C13H19NO3S/c1-2-8-17-10-4-3-7-14(9-10)12-6-5-11(18-12)13(15)16/h5-6,10H,2-4,7-9H2,1H3,(H,15,16). The van der Waals surface area contributed by atoms with Crippen LogP contribution in [0.2, 0.25) is 0 Å². The van der Waals surface area contributed by atoms with Gasteiger partial charge in [-0.05, 0) is 31.4 Å². The minimum atomic E-state index is -0.845. The molecule has 0 amide bonds. The van der Waals surface area contributed by atoms with Crippen molar-refractivity contribution in [3.63, 3.8) is 0 Å². The number of thiophene rings is 1. The molecule has 0 aliphatic carbocycles. The molecule has 1 aromatic heterocycles. The molecule has 5 heteroatoms. The molecule has 1 aliphatic heterocycles. The molecule has 0 spiro atoms. The lowest BCUT2D eigenvalue weighted by Gasteiger charge is -2.33. The van der Waals surface area contributed by atoms with Crippen molar-refractivity contribution in [1.29, 1.82) is 0 Å². The fraction of sp³-hybridized carbons (Fsp3) is 0.615. The topological polar surface area (TPSA) is 49.8 Å².